The molecule has 0 heteroatoms. The van der Waals surface area contributed by atoms with Gasteiger partial charge in [-0.3, -0.25) is 0 Å². The molecule has 2 aliphatic carbocycles. The van der Waals surface area contributed by atoms with Crippen molar-refractivity contribution in [1.82, 2.24) is 0 Å². The van der Waals surface area contributed by atoms with Gasteiger partial charge in [0.25, 0.3) is 0 Å². The molecule has 0 bridgehead atoms. The zero-order chi connectivity index (χ0) is 40.0. The molecule has 0 nitrogen and oxygen atoms in total. The van der Waals surface area contributed by atoms with E-state index in [1.165, 1.54) is 38.3 Å². The highest BCUT2D eigenvalue weighted by Crippen LogP contribution is 2.46. The van der Waals surface area contributed by atoms with E-state index in [4.69, 9.17) is 6.58 Å². The van der Waals surface area contributed by atoms with Crippen LogP contribution in [0.5, 0.6) is 0 Å². The Labute approximate surface area is 341 Å². The molecule has 1 atom stereocenters. The molecule has 2 aliphatic rings. The maximum atomic E-state index is 4.88. The highest BCUT2D eigenvalue weighted by atomic mass is 14.4. The molecule has 0 aromatic heterocycles. The molecule has 5 rings (SSSR count). The average molecular weight is 739 g/mol. The predicted octanol–water partition coefficient (Wildman–Crippen LogP) is 13.4. The molecule has 57 heavy (non-hydrogen) atoms. The van der Waals surface area contributed by atoms with E-state index in [1.807, 2.05) is 55.5 Å². The van der Waals surface area contributed by atoms with Crippen molar-refractivity contribution in [1.29, 1.82) is 0 Å². The van der Waals surface area contributed by atoms with Crippen molar-refractivity contribution < 1.29 is 0 Å². The fraction of sp³-hybridized carbons (Fsp3) is 0.0877. The molecule has 0 heterocycles. The average Bonchev–Trinajstić information content (AvgIpc) is 3.27. The SMILES string of the molecule is C=C/C=C\C=C/C(=C)/C=C\C=C/CC1(c2ccccc2)C(=C)/C=c2/cccc/c2=C/CC2=C1C=CC=CC(c1cccc(C/C=C/C=C\C=C/C)c1)=CC=CC=C2. The van der Waals surface area contributed by atoms with E-state index in [0.717, 1.165) is 29.6 Å². The summed E-state index contributed by atoms with van der Waals surface area (Å²) in [5.41, 5.74) is 8.63. The molecule has 282 valence electrons. The normalized spacial score (nSPS) is 19.0. The van der Waals surface area contributed by atoms with Crippen LogP contribution in [-0.4, -0.2) is 0 Å². The van der Waals surface area contributed by atoms with Crippen LogP contribution in [0.3, 0.4) is 0 Å². The molecular weight excluding hydrogens is 685 g/mol. The Morgan fingerprint density at radius 2 is 1.40 bits per heavy atom. The first-order valence-electron chi connectivity index (χ1n) is 19.7. The first kappa shape index (κ1) is 41.4. The number of fused-ring (bicyclic) bond motifs is 1. The lowest BCUT2D eigenvalue weighted by Gasteiger charge is -2.38. The van der Waals surface area contributed by atoms with Crippen LogP contribution in [0.15, 0.2) is 267 Å². The lowest BCUT2D eigenvalue weighted by atomic mass is 9.65. The first-order chi connectivity index (χ1) is 28.0. The summed E-state index contributed by atoms with van der Waals surface area (Å²) in [5, 5.41) is 2.37. The summed E-state index contributed by atoms with van der Waals surface area (Å²) >= 11 is 0. The van der Waals surface area contributed by atoms with Crippen LogP contribution in [0, 0.1) is 0 Å². The zero-order valence-electron chi connectivity index (χ0n) is 33.3. The third-order valence-corrected chi connectivity index (χ3v) is 9.86. The summed E-state index contributed by atoms with van der Waals surface area (Å²) in [6.07, 6.45) is 57.3. The van der Waals surface area contributed by atoms with Gasteiger partial charge in [0.1, 0.15) is 0 Å². The van der Waals surface area contributed by atoms with Gasteiger partial charge in [0, 0.05) is 5.41 Å². The molecular formula is C57H54. The van der Waals surface area contributed by atoms with E-state index in [1.54, 1.807) is 6.08 Å². The minimum absolute atomic E-state index is 0.566. The van der Waals surface area contributed by atoms with Gasteiger partial charge in [-0.2, -0.15) is 0 Å². The van der Waals surface area contributed by atoms with Gasteiger partial charge in [0.15, 0.2) is 0 Å². The smallest absolute Gasteiger partial charge is 0.0482 e. The van der Waals surface area contributed by atoms with Crippen molar-refractivity contribution in [2.75, 3.05) is 0 Å². The Hall–Kier alpha value is -6.76. The Balaban J connectivity index is 1.59. The Morgan fingerprint density at radius 3 is 2.23 bits per heavy atom. The maximum absolute atomic E-state index is 4.88. The Bertz CT molecular complexity index is 2410. The van der Waals surface area contributed by atoms with Gasteiger partial charge in [-0.25, -0.2) is 0 Å². The second-order valence-corrected chi connectivity index (χ2v) is 13.8. The first-order valence-corrected chi connectivity index (χ1v) is 19.7. The molecule has 3 aromatic carbocycles. The van der Waals surface area contributed by atoms with Crippen LogP contribution < -0.4 is 10.4 Å². The molecule has 0 amide bonds. The third kappa shape index (κ3) is 12.1. The number of allylic oxidation sites excluding steroid dienone is 29. The summed E-state index contributed by atoms with van der Waals surface area (Å²) in [4.78, 5) is 0. The van der Waals surface area contributed by atoms with E-state index < -0.39 is 5.41 Å². The van der Waals surface area contributed by atoms with Crippen LogP contribution >= 0.6 is 0 Å². The fourth-order valence-corrected chi connectivity index (χ4v) is 6.98. The monoisotopic (exact) mass is 738 g/mol. The Morgan fingerprint density at radius 1 is 0.684 bits per heavy atom. The highest BCUT2D eigenvalue weighted by molar-refractivity contribution is 5.76. The van der Waals surface area contributed by atoms with Crippen LogP contribution in [-0.2, 0) is 11.8 Å². The van der Waals surface area contributed by atoms with Gasteiger partial charge >= 0.3 is 0 Å². The van der Waals surface area contributed by atoms with Gasteiger partial charge in [0.2, 0.25) is 0 Å². The summed E-state index contributed by atoms with van der Waals surface area (Å²) < 4.78 is 0. The number of hydrogen-bond donors (Lipinski definition) is 0. The van der Waals surface area contributed by atoms with Crippen LogP contribution in [0.25, 0.3) is 17.7 Å². The quantitative estimate of drug-likeness (QED) is 0.153. The standard InChI is InChI=1S/C57H54/c1-5-7-9-11-12-18-31-49-32-28-38-54(46-49)50-33-19-13-20-36-52-43-42-51-35-23-24-37-53(51)45-48(4)57(55-39-21-14-22-40-55,56(52)41-26-25-34-50)44-27-15-17-30-47(3)29-16-10-8-6-2/h5-30,32-42,45-46H,2-4,31,43-44H2,1H3/b7-5-,10-8-,11-9-,18-12+,19-13?,20-13?,26-25?,27-15-,29-16-,30-17-,33-19?,34-25?,36-20?,41-26?,50-33?,50-34?,51-42-,52-36?,53-45-,56-41?,56-52?. The van der Waals surface area contributed by atoms with Gasteiger partial charge < -0.3 is 0 Å². The van der Waals surface area contributed by atoms with Gasteiger partial charge in [-0.1, -0.05) is 257 Å². The molecule has 3 aromatic rings. The van der Waals surface area contributed by atoms with Crippen molar-refractivity contribution in [2.45, 2.75) is 31.6 Å². The lowest BCUT2D eigenvalue weighted by molar-refractivity contribution is 0.627. The van der Waals surface area contributed by atoms with E-state index in [2.05, 4.69) is 195 Å². The van der Waals surface area contributed by atoms with Crippen molar-refractivity contribution in [3.8, 4) is 0 Å². The second kappa shape index (κ2) is 22.6. The molecule has 1 unspecified atom stereocenters. The van der Waals surface area contributed by atoms with Crippen molar-refractivity contribution in [3.05, 3.63) is 294 Å². The minimum Gasteiger partial charge on any atom is -0.0991 e. The van der Waals surface area contributed by atoms with Gasteiger partial charge in [-0.05, 0) is 81.2 Å². The highest BCUT2D eigenvalue weighted by Gasteiger charge is 2.37. The van der Waals surface area contributed by atoms with Gasteiger partial charge in [-0.15, -0.1) is 0 Å². The number of hydrogen-bond acceptors (Lipinski definition) is 0. The third-order valence-electron chi connectivity index (χ3n) is 9.86. The largest absolute Gasteiger partial charge is 0.0991 e. The molecule has 0 radical (unpaired) electrons. The predicted molar refractivity (Wildman–Crippen MR) is 252 cm³/mol. The van der Waals surface area contributed by atoms with E-state index in [9.17, 15) is 0 Å². The summed E-state index contributed by atoms with van der Waals surface area (Å²) in [5.74, 6) is 0. The summed E-state index contributed by atoms with van der Waals surface area (Å²) in [7, 11) is 0. The van der Waals surface area contributed by atoms with Crippen molar-refractivity contribution in [2.24, 2.45) is 0 Å². The summed E-state index contributed by atoms with van der Waals surface area (Å²) in [6.45, 7) is 14.8. The van der Waals surface area contributed by atoms with Crippen LogP contribution in [0.4, 0.5) is 0 Å². The molecule has 0 N–H and O–H groups in total. The topological polar surface area (TPSA) is 0 Å². The molecule has 0 saturated carbocycles. The van der Waals surface area contributed by atoms with Crippen LogP contribution in [0.2, 0.25) is 0 Å². The lowest BCUT2D eigenvalue weighted by Crippen LogP contribution is -2.32. The zero-order valence-corrected chi connectivity index (χ0v) is 33.3. The van der Waals surface area contributed by atoms with Crippen LogP contribution in [0.1, 0.15) is 36.5 Å². The van der Waals surface area contributed by atoms with E-state index >= 15 is 0 Å². The number of rotatable bonds is 13. The second-order valence-electron chi connectivity index (χ2n) is 13.8. The number of benzene rings is 3. The summed E-state index contributed by atoms with van der Waals surface area (Å²) in [6, 6.07) is 28.3. The molecule has 0 spiro atoms. The van der Waals surface area contributed by atoms with Crippen molar-refractivity contribution in [3.63, 3.8) is 0 Å². The van der Waals surface area contributed by atoms with Gasteiger partial charge in [0.05, 0.1) is 0 Å². The molecule has 0 fully saturated rings. The Kier molecular flexibility index (Phi) is 16.4. The fourth-order valence-electron chi connectivity index (χ4n) is 6.98. The molecule has 0 aliphatic heterocycles. The van der Waals surface area contributed by atoms with Crippen molar-refractivity contribution >= 4 is 17.7 Å². The van der Waals surface area contributed by atoms with E-state index in [-0.39, 0.29) is 0 Å². The maximum Gasteiger partial charge on any atom is 0.0482 e. The minimum atomic E-state index is -0.566. The van der Waals surface area contributed by atoms with E-state index in [0.29, 0.717) is 6.42 Å². The molecule has 0 saturated heterocycles.